The van der Waals surface area contributed by atoms with Crippen LogP contribution in [0.15, 0.2) is 42.0 Å². The SMILES string of the molecule is COc1cc(/C=C2\C(=O)NC(=S)N(C)C2=O)cc(Cl)c1OCc1ccccc1Cl. The topological polar surface area (TPSA) is 67.9 Å². The highest BCUT2D eigenvalue weighted by Gasteiger charge is 2.30. The molecule has 29 heavy (non-hydrogen) atoms. The Labute approximate surface area is 183 Å². The Morgan fingerprint density at radius 1 is 1.17 bits per heavy atom. The van der Waals surface area contributed by atoms with E-state index in [4.69, 9.17) is 44.9 Å². The van der Waals surface area contributed by atoms with Gasteiger partial charge in [0.2, 0.25) is 0 Å². The molecule has 9 heteroatoms. The zero-order chi connectivity index (χ0) is 21.1. The van der Waals surface area contributed by atoms with E-state index in [1.807, 2.05) is 18.2 Å². The second kappa shape index (κ2) is 8.82. The smallest absolute Gasteiger partial charge is 0.265 e. The van der Waals surface area contributed by atoms with Gasteiger partial charge in [-0.25, -0.2) is 0 Å². The van der Waals surface area contributed by atoms with Gasteiger partial charge in [0.25, 0.3) is 11.8 Å². The molecule has 1 heterocycles. The molecule has 1 aliphatic rings. The lowest BCUT2D eigenvalue weighted by molar-refractivity contribution is -0.128. The van der Waals surface area contributed by atoms with Crippen molar-refractivity contribution in [1.29, 1.82) is 0 Å². The van der Waals surface area contributed by atoms with Crippen LogP contribution in [0.5, 0.6) is 11.5 Å². The van der Waals surface area contributed by atoms with Crippen LogP contribution in [0.4, 0.5) is 0 Å². The molecule has 2 aromatic carbocycles. The van der Waals surface area contributed by atoms with Crippen molar-refractivity contribution < 1.29 is 19.1 Å². The standard InChI is InChI=1S/C20H16Cl2N2O4S/c1-24-19(26)13(18(25)23-20(24)29)7-11-8-15(22)17(16(9-11)27-2)28-10-12-5-3-4-6-14(12)21/h3-9H,10H2,1-2H3,(H,23,25,29)/b13-7+. The molecule has 0 bridgehead atoms. The highest BCUT2D eigenvalue weighted by atomic mass is 35.5. The van der Waals surface area contributed by atoms with Crippen molar-refractivity contribution in [3.8, 4) is 11.5 Å². The van der Waals surface area contributed by atoms with E-state index in [9.17, 15) is 9.59 Å². The summed E-state index contributed by atoms with van der Waals surface area (Å²) in [6, 6.07) is 10.5. The third-order valence-corrected chi connectivity index (χ3v) is 5.22. The van der Waals surface area contributed by atoms with Crippen molar-refractivity contribution >= 4 is 58.4 Å². The lowest BCUT2D eigenvalue weighted by atomic mass is 10.1. The second-order valence-corrected chi connectivity index (χ2v) is 7.30. The highest BCUT2D eigenvalue weighted by molar-refractivity contribution is 7.80. The van der Waals surface area contributed by atoms with Gasteiger partial charge in [0.05, 0.1) is 12.1 Å². The van der Waals surface area contributed by atoms with Crippen LogP contribution < -0.4 is 14.8 Å². The van der Waals surface area contributed by atoms with Crippen LogP contribution >= 0.6 is 35.4 Å². The fourth-order valence-corrected chi connectivity index (χ4v) is 3.28. The number of hydrogen-bond acceptors (Lipinski definition) is 5. The van der Waals surface area contributed by atoms with E-state index >= 15 is 0 Å². The van der Waals surface area contributed by atoms with Gasteiger partial charge in [-0.2, -0.15) is 0 Å². The minimum absolute atomic E-state index is 0.0519. The van der Waals surface area contributed by atoms with E-state index in [-0.39, 0.29) is 22.3 Å². The predicted octanol–water partition coefficient (Wildman–Crippen LogP) is 3.84. The first kappa shape index (κ1) is 21.1. The maximum atomic E-state index is 12.4. The maximum Gasteiger partial charge on any atom is 0.265 e. The Bertz CT molecular complexity index is 1040. The number of thiocarbonyl (C=S) groups is 1. The van der Waals surface area contributed by atoms with Gasteiger partial charge in [-0.05, 0) is 42.1 Å². The summed E-state index contributed by atoms with van der Waals surface area (Å²) in [5.74, 6) is -0.405. The van der Waals surface area contributed by atoms with Gasteiger partial charge < -0.3 is 9.47 Å². The third-order valence-electron chi connectivity index (χ3n) is 4.20. The molecular formula is C20H16Cl2N2O4S. The number of halogens is 2. The summed E-state index contributed by atoms with van der Waals surface area (Å²) in [7, 11) is 2.95. The molecular weight excluding hydrogens is 435 g/mol. The number of rotatable bonds is 5. The molecule has 1 fully saturated rings. The van der Waals surface area contributed by atoms with Gasteiger partial charge in [-0.3, -0.25) is 19.8 Å². The van der Waals surface area contributed by atoms with Gasteiger partial charge in [0.1, 0.15) is 12.2 Å². The summed E-state index contributed by atoms with van der Waals surface area (Å²) >= 11 is 17.5. The van der Waals surface area contributed by atoms with Gasteiger partial charge >= 0.3 is 0 Å². The van der Waals surface area contributed by atoms with Crippen LogP contribution in [0.3, 0.4) is 0 Å². The molecule has 0 aromatic heterocycles. The van der Waals surface area contributed by atoms with E-state index < -0.39 is 11.8 Å². The number of ether oxygens (including phenoxy) is 2. The van der Waals surface area contributed by atoms with E-state index in [0.717, 1.165) is 5.56 Å². The molecule has 1 aliphatic heterocycles. The molecule has 0 saturated carbocycles. The van der Waals surface area contributed by atoms with Crippen molar-refractivity contribution in [3.05, 3.63) is 63.1 Å². The number of nitrogens with one attached hydrogen (secondary N) is 1. The van der Waals surface area contributed by atoms with E-state index in [1.165, 1.54) is 25.1 Å². The quantitative estimate of drug-likeness (QED) is 0.425. The zero-order valence-electron chi connectivity index (χ0n) is 15.5. The van der Waals surface area contributed by atoms with E-state index in [0.29, 0.717) is 22.1 Å². The molecule has 0 radical (unpaired) electrons. The number of methoxy groups -OCH3 is 1. The number of benzene rings is 2. The fourth-order valence-electron chi connectivity index (χ4n) is 2.64. The van der Waals surface area contributed by atoms with Crippen LogP contribution in [-0.2, 0) is 16.2 Å². The molecule has 1 saturated heterocycles. The molecule has 0 spiro atoms. The Hall–Kier alpha value is -2.61. The number of hydrogen-bond donors (Lipinski definition) is 1. The Morgan fingerprint density at radius 2 is 1.90 bits per heavy atom. The maximum absolute atomic E-state index is 12.4. The lowest BCUT2D eigenvalue weighted by Gasteiger charge is -2.25. The molecule has 1 N–H and O–H groups in total. The van der Waals surface area contributed by atoms with Crippen LogP contribution in [0, 0.1) is 0 Å². The number of likely N-dealkylation sites (N-methyl/N-ethyl adjacent to an activating group) is 1. The lowest BCUT2D eigenvalue weighted by Crippen LogP contribution is -2.52. The Balaban J connectivity index is 1.90. The first-order valence-corrected chi connectivity index (χ1v) is 9.57. The monoisotopic (exact) mass is 450 g/mol. The zero-order valence-corrected chi connectivity index (χ0v) is 17.8. The molecule has 150 valence electrons. The number of amides is 2. The fraction of sp³-hybridized carbons (Fsp3) is 0.150. The minimum atomic E-state index is -0.577. The van der Waals surface area contributed by atoms with Gasteiger partial charge in [0.15, 0.2) is 16.6 Å². The molecule has 2 amide bonds. The van der Waals surface area contributed by atoms with Crippen molar-refractivity contribution in [1.82, 2.24) is 10.2 Å². The summed E-state index contributed by atoms with van der Waals surface area (Å²) in [5, 5.41) is 3.34. The summed E-state index contributed by atoms with van der Waals surface area (Å²) < 4.78 is 11.2. The normalized spacial score (nSPS) is 15.5. The van der Waals surface area contributed by atoms with Crippen LogP contribution in [-0.4, -0.2) is 36.0 Å². The molecule has 0 unspecified atom stereocenters. The second-order valence-electron chi connectivity index (χ2n) is 6.10. The molecule has 0 aliphatic carbocycles. The highest BCUT2D eigenvalue weighted by Crippen LogP contribution is 2.38. The minimum Gasteiger partial charge on any atom is -0.493 e. The van der Waals surface area contributed by atoms with Crippen molar-refractivity contribution in [2.45, 2.75) is 6.61 Å². The summed E-state index contributed by atoms with van der Waals surface area (Å²) in [4.78, 5) is 25.7. The number of nitrogens with zero attached hydrogens (tertiary/aromatic N) is 1. The Kier molecular flexibility index (Phi) is 6.42. The van der Waals surface area contributed by atoms with Gasteiger partial charge in [-0.15, -0.1) is 0 Å². The van der Waals surface area contributed by atoms with Crippen molar-refractivity contribution in [2.75, 3.05) is 14.2 Å². The summed E-state index contributed by atoms with van der Waals surface area (Å²) in [6.07, 6.45) is 1.42. The van der Waals surface area contributed by atoms with Crippen molar-refractivity contribution in [2.24, 2.45) is 0 Å². The molecule has 2 aromatic rings. The summed E-state index contributed by atoms with van der Waals surface area (Å²) in [5.41, 5.74) is 1.22. The van der Waals surface area contributed by atoms with Crippen LogP contribution in [0.1, 0.15) is 11.1 Å². The summed E-state index contributed by atoms with van der Waals surface area (Å²) in [6.45, 7) is 0.194. The number of carbonyl (C=O) groups is 2. The Morgan fingerprint density at radius 3 is 2.59 bits per heavy atom. The third kappa shape index (κ3) is 4.53. The van der Waals surface area contributed by atoms with Crippen LogP contribution in [0.25, 0.3) is 6.08 Å². The van der Waals surface area contributed by atoms with Crippen molar-refractivity contribution in [3.63, 3.8) is 0 Å². The number of carbonyl (C=O) groups excluding carboxylic acids is 2. The van der Waals surface area contributed by atoms with Gasteiger partial charge in [0, 0.05) is 17.6 Å². The first-order valence-electron chi connectivity index (χ1n) is 8.40. The molecule has 6 nitrogen and oxygen atoms in total. The molecule has 0 atom stereocenters. The van der Waals surface area contributed by atoms with Crippen LogP contribution in [0.2, 0.25) is 10.0 Å². The average Bonchev–Trinajstić information content (AvgIpc) is 2.69. The largest absolute Gasteiger partial charge is 0.493 e. The average molecular weight is 451 g/mol. The van der Waals surface area contributed by atoms with E-state index in [1.54, 1.807) is 18.2 Å². The molecule has 3 rings (SSSR count). The predicted molar refractivity (Wildman–Crippen MR) is 115 cm³/mol. The van der Waals surface area contributed by atoms with Gasteiger partial charge in [-0.1, -0.05) is 41.4 Å². The first-order chi connectivity index (χ1) is 13.8. The van der Waals surface area contributed by atoms with E-state index in [2.05, 4.69) is 5.32 Å².